The van der Waals surface area contributed by atoms with Gasteiger partial charge in [0.05, 0.1) is 6.20 Å². The molecule has 0 aliphatic heterocycles. The van der Waals surface area contributed by atoms with Gasteiger partial charge in [0.15, 0.2) is 0 Å². The molecule has 3 unspecified atom stereocenters. The van der Waals surface area contributed by atoms with Gasteiger partial charge in [-0.05, 0) is 30.7 Å². The molecule has 1 aliphatic rings. The van der Waals surface area contributed by atoms with Crippen LogP contribution in [0.4, 0.5) is 0 Å². The molecule has 1 aromatic heterocycles. The van der Waals surface area contributed by atoms with Crippen LogP contribution in [0.3, 0.4) is 0 Å². The van der Waals surface area contributed by atoms with E-state index in [1.807, 2.05) is 6.20 Å². The van der Waals surface area contributed by atoms with Crippen molar-refractivity contribution in [1.82, 2.24) is 9.97 Å². The number of hydrogen-bond donors (Lipinski definition) is 1. The van der Waals surface area contributed by atoms with Gasteiger partial charge in [0.25, 0.3) is 0 Å². The zero-order chi connectivity index (χ0) is 13.8. The predicted octanol–water partition coefficient (Wildman–Crippen LogP) is 3.23. The Balaban J connectivity index is 1.71. The molecule has 3 atom stereocenters. The molecule has 1 saturated carbocycles. The summed E-state index contributed by atoms with van der Waals surface area (Å²) in [5, 5.41) is 1.40. The second kappa shape index (κ2) is 6.37. The van der Waals surface area contributed by atoms with Crippen LogP contribution >= 0.6 is 11.8 Å². The van der Waals surface area contributed by atoms with E-state index in [4.69, 9.17) is 5.73 Å². The third-order valence-electron chi connectivity index (χ3n) is 3.93. The van der Waals surface area contributed by atoms with Crippen molar-refractivity contribution in [3.05, 3.63) is 54.5 Å². The van der Waals surface area contributed by atoms with Crippen LogP contribution in [0.5, 0.6) is 0 Å². The van der Waals surface area contributed by atoms with E-state index in [9.17, 15) is 0 Å². The maximum Gasteiger partial charge on any atom is 0.115 e. The number of benzene rings is 1. The molecule has 0 amide bonds. The quantitative estimate of drug-likeness (QED) is 0.940. The minimum absolute atomic E-state index is 0.252. The lowest BCUT2D eigenvalue weighted by Gasteiger charge is -2.33. The van der Waals surface area contributed by atoms with Crippen molar-refractivity contribution in [3.63, 3.8) is 0 Å². The monoisotopic (exact) mass is 285 g/mol. The van der Waals surface area contributed by atoms with Crippen molar-refractivity contribution in [2.75, 3.05) is 0 Å². The fourth-order valence-corrected chi connectivity index (χ4v) is 4.01. The fourth-order valence-electron chi connectivity index (χ4n) is 2.82. The van der Waals surface area contributed by atoms with Crippen LogP contribution in [-0.4, -0.2) is 21.3 Å². The first kappa shape index (κ1) is 13.6. The maximum absolute atomic E-state index is 6.30. The summed E-state index contributed by atoms with van der Waals surface area (Å²) in [6.07, 6.45) is 8.65. The molecule has 1 heterocycles. The molecule has 0 saturated heterocycles. The standard InChI is InChI=1S/C16H19N3S/c17-14-7-6-13(12-4-2-1-3-5-12)10-15(14)20-16-11-18-8-9-19-16/h1-5,8-9,11,13-15H,6-7,10,17H2. The third-order valence-corrected chi connectivity index (χ3v) is 5.22. The zero-order valence-electron chi connectivity index (χ0n) is 11.4. The van der Waals surface area contributed by atoms with Crippen LogP contribution in [0.25, 0.3) is 0 Å². The molecule has 3 nitrogen and oxygen atoms in total. The summed E-state index contributed by atoms with van der Waals surface area (Å²) in [4.78, 5) is 8.48. The highest BCUT2D eigenvalue weighted by atomic mass is 32.2. The average molecular weight is 285 g/mol. The lowest BCUT2D eigenvalue weighted by atomic mass is 9.82. The molecule has 0 spiro atoms. The largest absolute Gasteiger partial charge is 0.327 e. The van der Waals surface area contributed by atoms with Crippen LogP contribution in [0.2, 0.25) is 0 Å². The van der Waals surface area contributed by atoms with E-state index in [-0.39, 0.29) is 6.04 Å². The first-order valence-electron chi connectivity index (χ1n) is 7.06. The normalized spacial score (nSPS) is 26.4. The number of nitrogens with two attached hydrogens (primary N) is 1. The lowest BCUT2D eigenvalue weighted by Crippen LogP contribution is -2.37. The molecule has 0 bridgehead atoms. The Morgan fingerprint density at radius 2 is 1.95 bits per heavy atom. The first-order valence-corrected chi connectivity index (χ1v) is 7.94. The molecule has 104 valence electrons. The van der Waals surface area contributed by atoms with E-state index in [1.54, 1.807) is 24.2 Å². The number of aromatic nitrogens is 2. The van der Waals surface area contributed by atoms with Crippen molar-refractivity contribution in [2.24, 2.45) is 5.73 Å². The molecule has 20 heavy (non-hydrogen) atoms. The van der Waals surface area contributed by atoms with Crippen LogP contribution < -0.4 is 5.73 Å². The Morgan fingerprint density at radius 1 is 1.10 bits per heavy atom. The molecular weight excluding hydrogens is 266 g/mol. The average Bonchev–Trinajstić information content (AvgIpc) is 2.51. The van der Waals surface area contributed by atoms with Gasteiger partial charge in [0.1, 0.15) is 5.03 Å². The van der Waals surface area contributed by atoms with Gasteiger partial charge in [0, 0.05) is 23.7 Å². The molecule has 2 N–H and O–H groups in total. The van der Waals surface area contributed by atoms with Crippen LogP contribution in [0.15, 0.2) is 53.9 Å². The number of thioether (sulfide) groups is 1. The van der Waals surface area contributed by atoms with Crippen molar-refractivity contribution in [2.45, 2.75) is 41.5 Å². The van der Waals surface area contributed by atoms with Crippen LogP contribution in [0, 0.1) is 0 Å². The minimum atomic E-state index is 0.252. The summed E-state index contributed by atoms with van der Waals surface area (Å²) < 4.78 is 0. The van der Waals surface area contributed by atoms with E-state index in [1.165, 1.54) is 12.0 Å². The maximum atomic E-state index is 6.30. The summed E-state index contributed by atoms with van der Waals surface area (Å²) in [5.74, 6) is 0.616. The molecule has 3 rings (SSSR count). The fraction of sp³-hybridized carbons (Fsp3) is 0.375. The van der Waals surface area contributed by atoms with Crippen molar-refractivity contribution in [3.8, 4) is 0 Å². The SMILES string of the molecule is NC1CCC(c2ccccc2)CC1Sc1cnccn1. The highest BCUT2D eigenvalue weighted by Gasteiger charge is 2.29. The molecule has 1 aromatic carbocycles. The van der Waals surface area contributed by atoms with Gasteiger partial charge in [0.2, 0.25) is 0 Å². The van der Waals surface area contributed by atoms with E-state index in [0.29, 0.717) is 11.2 Å². The first-order chi connectivity index (χ1) is 9.83. The Labute approximate surface area is 124 Å². The van der Waals surface area contributed by atoms with Crippen molar-refractivity contribution in [1.29, 1.82) is 0 Å². The Bertz CT molecular complexity index is 532. The van der Waals surface area contributed by atoms with Gasteiger partial charge in [-0.15, -0.1) is 0 Å². The Kier molecular flexibility index (Phi) is 4.33. The van der Waals surface area contributed by atoms with Gasteiger partial charge in [-0.3, -0.25) is 4.98 Å². The Hall–Kier alpha value is -1.39. The van der Waals surface area contributed by atoms with E-state index >= 15 is 0 Å². The van der Waals surface area contributed by atoms with E-state index in [2.05, 4.69) is 40.3 Å². The molecule has 4 heteroatoms. The lowest BCUT2D eigenvalue weighted by molar-refractivity contribution is 0.406. The van der Waals surface area contributed by atoms with Crippen LogP contribution in [0.1, 0.15) is 30.7 Å². The summed E-state index contributed by atoms with van der Waals surface area (Å²) in [7, 11) is 0. The van der Waals surface area contributed by atoms with Gasteiger partial charge < -0.3 is 5.73 Å². The van der Waals surface area contributed by atoms with Crippen LogP contribution in [-0.2, 0) is 0 Å². The molecule has 0 radical (unpaired) electrons. The summed E-state index contributed by atoms with van der Waals surface area (Å²) in [6.45, 7) is 0. The highest BCUT2D eigenvalue weighted by Crippen LogP contribution is 2.39. The number of hydrogen-bond acceptors (Lipinski definition) is 4. The zero-order valence-corrected chi connectivity index (χ0v) is 12.2. The number of nitrogens with zero attached hydrogens (tertiary/aromatic N) is 2. The second-order valence-corrected chi connectivity index (χ2v) is 6.54. The molecular formula is C16H19N3S. The molecule has 1 aliphatic carbocycles. The molecule has 2 aromatic rings. The van der Waals surface area contributed by atoms with Gasteiger partial charge in [-0.25, -0.2) is 4.98 Å². The minimum Gasteiger partial charge on any atom is -0.327 e. The van der Waals surface area contributed by atoms with E-state index < -0.39 is 0 Å². The topological polar surface area (TPSA) is 51.8 Å². The highest BCUT2D eigenvalue weighted by molar-refractivity contribution is 7.99. The van der Waals surface area contributed by atoms with Gasteiger partial charge in [-0.2, -0.15) is 0 Å². The van der Waals surface area contributed by atoms with E-state index in [0.717, 1.165) is 17.9 Å². The summed E-state index contributed by atoms with van der Waals surface area (Å²) in [5.41, 5.74) is 7.73. The van der Waals surface area contributed by atoms with Gasteiger partial charge in [-0.1, -0.05) is 42.1 Å². The number of rotatable bonds is 3. The third kappa shape index (κ3) is 3.19. The summed E-state index contributed by atoms with van der Waals surface area (Å²) >= 11 is 1.77. The smallest absolute Gasteiger partial charge is 0.115 e. The van der Waals surface area contributed by atoms with Crippen molar-refractivity contribution >= 4 is 11.8 Å². The van der Waals surface area contributed by atoms with Gasteiger partial charge >= 0.3 is 0 Å². The predicted molar refractivity (Wildman–Crippen MR) is 82.7 cm³/mol. The molecule has 1 fully saturated rings. The summed E-state index contributed by atoms with van der Waals surface area (Å²) in [6, 6.07) is 11.0. The Morgan fingerprint density at radius 3 is 2.70 bits per heavy atom. The van der Waals surface area contributed by atoms with Crippen molar-refractivity contribution < 1.29 is 0 Å². The second-order valence-electron chi connectivity index (χ2n) is 5.28.